The Labute approximate surface area is 185 Å². The fourth-order valence-corrected chi connectivity index (χ4v) is 3.24. The number of carbonyl (C=O) groups is 1. The van der Waals surface area contributed by atoms with Crippen molar-refractivity contribution >= 4 is 34.2 Å². The van der Waals surface area contributed by atoms with Crippen molar-refractivity contribution in [2.45, 2.75) is 33.3 Å². The normalized spacial score (nSPS) is 12.0. The molecule has 0 saturated carbocycles. The van der Waals surface area contributed by atoms with Crippen LogP contribution in [0.3, 0.4) is 0 Å². The van der Waals surface area contributed by atoms with Crippen LogP contribution < -0.4 is 10.1 Å². The Bertz CT molecular complexity index is 1230. The SMILES string of the molecule is CC[C@H](C)Oc1cccc(C(=O)Nc2cc3nn(-c4ccc(Cl)cc4)nc3cc2C)c1. The zero-order chi connectivity index (χ0) is 22.0. The van der Waals surface area contributed by atoms with Gasteiger partial charge in [-0.2, -0.15) is 4.80 Å². The minimum Gasteiger partial charge on any atom is -0.491 e. The maximum Gasteiger partial charge on any atom is 0.255 e. The number of hydrogen-bond donors (Lipinski definition) is 1. The summed E-state index contributed by atoms with van der Waals surface area (Å²) in [6.45, 7) is 5.99. The molecule has 4 rings (SSSR count). The highest BCUT2D eigenvalue weighted by Gasteiger charge is 2.13. The number of benzene rings is 3. The zero-order valence-corrected chi connectivity index (χ0v) is 18.3. The summed E-state index contributed by atoms with van der Waals surface area (Å²) in [5.41, 5.74) is 4.36. The summed E-state index contributed by atoms with van der Waals surface area (Å²) in [5.74, 6) is 0.474. The van der Waals surface area contributed by atoms with Crippen LogP contribution >= 0.6 is 11.6 Å². The van der Waals surface area contributed by atoms with E-state index in [1.54, 1.807) is 29.1 Å². The fraction of sp³-hybridized carbons (Fsp3) is 0.208. The van der Waals surface area contributed by atoms with Crippen LogP contribution in [0.4, 0.5) is 5.69 Å². The Morgan fingerprint density at radius 1 is 1.10 bits per heavy atom. The quantitative estimate of drug-likeness (QED) is 0.415. The average Bonchev–Trinajstić information content (AvgIpc) is 3.17. The number of rotatable bonds is 6. The van der Waals surface area contributed by atoms with E-state index in [1.807, 2.05) is 50.2 Å². The summed E-state index contributed by atoms with van der Waals surface area (Å²) in [4.78, 5) is 14.4. The monoisotopic (exact) mass is 434 g/mol. The van der Waals surface area contributed by atoms with Gasteiger partial charge in [-0.05, 0) is 80.4 Å². The molecule has 4 aromatic rings. The van der Waals surface area contributed by atoms with Crippen LogP contribution in [0.15, 0.2) is 60.7 Å². The lowest BCUT2D eigenvalue weighted by Gasteiger charge is -2.13. The number of ether oxygens (including phenoxy) is 1. The smallest absolute Gasteiger partial charge is 0.255 e. The van der Waals surface area contributed by atoms with E-state index in [4.69, 9.17) is 16.3 Å². The minimum absolute atomic E-state index is 0.0891. The molecule has 1 aromatic heterocycles. The second-order valence-electron chi connectivity index (χ2n) is 7.44. The van der Waals surface area contributed by atoms with Gasteiger partial charge in [0.05, 0.1) is 11.8 Å². The van der Waals surface area contributed by atoms with Gasteiger partial charge in [0.2, 0.25) is 0 Å². The van der Waals surface area contributed by atoms with Gasteiger partial charge in [0.15, 0.2) is 0 Å². The molecule has 6 nitrogen and oxygen atoms in total. The number of hydrogen-bond acceptors (Lipinski definition) is 4. The third-order valence-electron chi connectivity index (χ3n) is 5.04. The van der Waals surface area contributed by atoms with E-state index in [1.165, 1.54) is 0 Å². The van der Waals surface area contributed by atoms with Gasteiger partial charge < -0.3 is 10.1 Å². The summed E-state index contributed by atoms with van der Waals surface area (Å²) in [7, 11) is 0. The van der Waals surface area contributed by atoms with Crippen molar-refractivity contribution in [1.29, 1.82) is 0 Å². The van der Waals surface area contributed by atoms with Crippen molar-refractivity contribution in [3.8, 4) is 11.4 Å². The van der Waals surface area contributed by atoms with Gasteiger partial charge in [-0.25, -0.2) is 0 Å². The second-order valence-corrected chi connectivity index (χ2v) is 7.88. The van der Waals surface area contributed by atoms with Crippen LogP contribution in [0, 0.1) is 6.92 Å². The van der Waals surface area contributed by atoms with Crippen molar-refractivity contribution in [2.75, 3.05) is 5.32 Å². The number of nitrogens with one attached hydrogen (secondary N) is 1. The molecular formula is C24H23ClN4O2. The van der Waals surface area contributed by atoms with Crippen LogP contribution in [0.25, 0.3) is 16.7 Å². The van der Waals surface area contributed by atoms with Gasteiger partial charge in [0, 0.05) is 16.3 Å². The maximum atomic E-state index is 12.8. The summed E-state index contributed by atoms with van der Waals surface area (Å²) < 4.78 is 5.83. The lowest BCUT2D eigenvalue weighted by Crippen LogP contribution is -2.14. The first-order valence-electron chi connectivity index (χ1n) is 10.1. The molecule has 7 heteroatoms. The molecule has 31 heavy (non-hydrogen) atoms. The Morgan fingerprint density at radius 2 is 1.81 bits per heavy atom. The van der Waals surface area contributed by atoms with Crippen molar-refractivity contribution < 1.29 is 9.53 Å². The molecule has 0 bridgehead atoms. The first kappa shape index (κ1) is 20.9. The van der Waals surface area contributed by atoms with Crippen LogP contribution in [0.1, 0.15) is 36.2 Å². The predicted molar refractivity (Wildman–Crippen MR) is 123 cm³/mol. The third-order valence-corrected chi connectivity index (χ3v) is 5.29. The summed E-state index contributed by atoms with van der Waals surface area (Å²) in [6, 6.07) is 18.2. The molecule has 1 amide bonds. The second kappa shape index (κ2) is 8.78. The number of carbonyl (C=O) groups excluding carboxylic acids is 1. The standard InChI is InChI=1S/C24H23ClN4O2/c1-4-16(3)31-20-7-5-6-17(13-20)24(30)26-21-14-23-22(12-15(21)2)27-29(28-23)19-10-8-18(25)9-11-19/h5-14,16H,4H2,1-3H3,(H,26,30)/t16-/m0/s1. The van der Waals surface area contributed by atoms with E-state index < -0.39 is 0 Å². The van der Waals surface area contributed by atoms with E-state index in [-0.39, 0.29) is 12.0 Å². The van der Waals surface area contributed by atoms with Crippen molar-refractivity contribution in [1.82, 2.24) is 15.0 Å². The van der Waals surface area contributed by atoms with Gasteiger partial charge >= 0.3 is 0 Å². The Morgan fingerprint density at radius 3 is 2.52 bits per heavy atom. The van der Waals surface area contributed by atoms with Gasteiger partial charge in [-0.1, -0.05) is 24.6 Å². The highest BCUT2D eigenvalue weighted by Crippen LogP contribution is 2.24. The predicted octanol–water partition coefficient (Wildman–Crippen LogP) is 5.81. The Hall–Kier alpha value is -3.38. The molecule has 0 unspecified atom stereocenters. The lowest BCUT2D eigenvalue weighted by molar-refractivity contribution is 0.102. The van der Waals surface area contributed by atoms with E-state index >= 15 is 0 Å². The van der Waals surface area contributed by atoms with Crippen LogP contribution in [0.5, 0.6) is 5.75 Å². The lowest BCUT2D eigenvalue weighted by atomic mass is 10.1. The molecule has 0 aliphatic rings. The molecule has 0 spiro atoms. The van der Waals surface area contributed by atoms with Crippen molar-refractivity contribution in [2.24, 2.45) is 0 Å². The van der Waals surface area contributed by atoms with E-state index in [0.717, 1.165) is 23.2 Å². The number of nitrogens with zero attached hydrogens (tertiary/aromatic N) is 3. The molecule has 158 valence electrons. The molecule has 0 saturated heterocycles. The zero-order valence-electron chi connectivity index (χ0n) is 17.6. The van der Waals surface area contributed by atoms with Crippen molar-refractivity contribution in [3.63, 3.8) is 0 Å². The number of aryl methyl sites for hydroxylation is 1. The van der Waals surface area contributed by atoms with Crippen LogP contribution in [-0.2, 0) is 0 Å². The molecule has 1 atom stereocenters. The average molecular weight is 435 g/mol. The molecule has 0 fully saturated rings. The highest BCUT2D eigenvalue weighted by atomic mass is 35.5. The van der Waals surface area contributed by atoms with Crippen LogP contribution in [-0.4, -0.2) is 27.0 Å². The first-order valence-corrected chi connectivity index (χ1v) is 10.5. The molecular weight excluding hydrogens is 412 g/mol. The number of halogens is 1. The largest absolute Gasteiger partial charge is 0.491 e. The number of anilines is 1. The van der Waals surface area contributed by atoms with Gasteiger partial charge in [0.25, 0.3) is 5.91 Å². The fourth-order valence-electron chi connectivity index (χ4n) is 3.11. The summed E-state index contributed by atoms with van der Waals surface area (Å²) >= 11 is 5.96. The number of fused-ring (bicyclic) bond motifs is 1. The third kappa shape index (κ3) is 4.70. The highest BCUT2D eigenvalue weighted by molar-refractivity contribution is 6.30. The Balaban J connectivity index is 1.58. The van der Waals surface area contributed by atoms with E-state index in [2.05, 4.69) is 22.4 Å². The van der Waals surface area contributed by atoms with Crippen molar-refractivity contribution in [3.05, 3.63) is 76.8 Å². The first-order chi connectivity index (χ1) is 14.9. The molecule has 3 aromatic carbocycles. The molecule has 0 aliphatic heterocycles. The van der Waals surface area contributed by atoms with Crippen LogP contribution in [0.2, 0.25) is 5.02 Å². The number of aromatic nitrogens is 3. The molecule has 0 aliphatic carbocycles. The minimum atomic E-state index is -0.206. The maximum absolute atomic E-state index is 12.8. The number of amides is 1. The molecule has 0 radical (unpaired) electrons. The topological polar surface area (TPSA) is 69.0 Å². The van der Waals surface area contributed by atoms with Gasteiger partial charge in [-0.3, -0.25) is 4.79 Å². The summed E-state index contributed by atoms with van der Waals surface area (Å²) in [6.07, 6.45) is 0.984. The molecule has 1 heterocycles. The van der Waals surface area contributed by atoms with Gasteiger partial charge in [-0.15, -0.1) is 10.2 Å². The van der Waals surface area contributed by atoms with E-state index in [0.29, 0.717) is 27.5 Å². The molecule has 1 N–H and O–H groups in total. The van der Waals surface area contributed by atoms with Gasteiger partial charge in [0.1, 0.15) is 16.8 Å². The Kier molecular flexibility index (Phi) is 5.91. The summed E-state index contributed by atoms with van der Waals surface area (Å²) in [5, 5.41) is 12.7. The van der Waals surface area contributed by atoms with E-state index in [9.17, 15) is 4.79 Å².